The van der Waals surface area contributed by atoms with Gasteiger partial charge in [0.15, 0.2) is 0 Å². The van der Waals surface area contributed by atoms with Gasteiger partial charge in [0.1, 0.15) is 24.9 Å². The molecule has 3 N–H and O–H groups in total. The number of primary amides is 1. The van der Waals surface area contributed by atoms with E-state index in [1.165, 1.54) is 11.1 Å². The number of nitrogens with zero attached hydrogens (tertiary/aromatic N) is 1. The van der Waals surface area contributed by atoms with Crippen molar-refractivity contribution in [2.24, 2.45) is 11.7 Å². The Labute approximate surface area is 198 Å². The first kappa shape index (κ1) is 23.7. The number of fused-ring (bicyclic) bond motifs is 3. The number of benzene rings is 2. The topological polar surface area (TPSA) is 102 Å². The summed E-state index contributed by atoms with van der Waals surface area (Å²) in [5.74, 6) is -1.52. The van der Waals surface area contributed by atoms with Crippen molar-refractivity contribution in [2.45, 2.75) is 58.0 Å². The predicted octanol–water partition coefficient (Wildman–Crippen LogP) is 3.32. The summed E-state index contributed by atoms with van der Waals surface area (Å²) in [6.07, 6.45) is -0.821. The molecule has 7 nitrogen and oxygen atoms in total. The highest BCUT2D eigenvalue weighted by Crippen LogP contribution is 2.38. The number of hydrogen-bond donors (Lipinski definition) is 2. The van der Waals surface area contributed by atoms with Crippen LogP contribution in [-0.4, -0.2) is 47.6 Å². The van der Waals surface area contributed by atoms with Crippen molar-refractivity contribution < 1.29 is 23.5 Å². The molecule has 180 valence electrons. The maximum Gasteiger partial charge on any atom is 0.408 e. The molecule has 1 heterocycles. The first-order valence-corrected chi connectivity index (χ1v) is 11.7. The second kappa shape index (κ2) is 9.83. The average molecular weight is 468 g/mol. The maximum absolute atomic E-state index is 14.0. The number of carbonyl (C=O) groups excluding carboxylic acids is 3. The molecule has 4 atom stereocenters. The summed E-state index contributed by atoms with van der Waals surface area (Å²) in [6.45, 7) is 3.54. The van der Waals surface area contributed by atoms with Crippen molar-refractivity contribution >= 4 is 17.9 Å². The summed E-state index contributed by atoms with van der Waals surface area (Å²) in [5, 5.41) is 2.65. The van der Waals surface area contributed by atoms with E-state index in [-0.39, 0.29) is 25.5 Å². The quantitative estimate of drug-likeness (QED) is 0.557. The molecule has 2 aromatic carbocycles. The van der Waals surface area contributed by atoms with E-state index in [1.54, 1.807) is 0 Å². The van der Waals surface area contributed by atoms with Crippen molar-refractivity contribution in [1.29, 1.82) is 0 Å². The number of amides is 3. The fourth-order valence-electron chi connectivity index (χ4n) is 4.83. The van der Waals surface area contributed by atoms with Gasteiger partial charge in [-0.2, -0.15) is 0 Å². The number of rotatable bonds is 7. The third-order valence-corrected chi connectivity index (χ3v) is 6.92. The van der Waals surface area contributed by atoms with Crippen molar-refractivity contribution in [3.8, 4) is 11.1 Å². The third kappa shape index (κ3) is 4.62. The number of hydrogen-bond acceptors (Lipinski definition) is 4. The zero-order chi connectivity index (χ0) is 24.4. The van der Waals surface area contributed by atoms with E-state index >= 15 is 0 Å². The Morgan fingerprint density at radius 1 is 1.18 bits per heavy atom. The average Bonchev–Trinajstić information content (AvgIpc) is 3.41. The smallest absolute Gasteiger partial charge is 0.408 e. The van der Waals surface area contributed by atoms with Crippen LogP contribution in [0.25, 0.3) is 11.1 Å². The van der Waals surface area contributed by atoms with Gasteiger partial charge in [-0.3, -0.25) is 9.59 Å². The van der Waals surface area contributed by atoms with E-state index in [0.29, 0.717) is 6.42 Å². The normalized spacial score (nSPS) is 20.3. The van der Waals surface area contributed by atoms with Gasteiger partial charge in [-0.25, -0.2) is 9.18 Å². The molecule has 3 amide bonds. The van der Waals surface area contributed by atoms with E-state index in [2.05, 4.69) is 23.5 Å². The van der Waals surface area contributed by atoms with Crippen LogP contribution in [0.2, 0.25) is 0 Å². The second-order valence-electron chi connectivity index (χ2n) is 9.10. The van der Waals surface area contributed by atoms with Gasteiger partial charge in [0.05, 0.1) is 6.54 Å². The Kier molecular flexibility index (Phi) is 6.86. The van der Waals surface area contributed by atoms with Gasteiger partial charge in [-0.15, -0.1) is 0 Å². The zero-order valence-corrected chi connectivity index (χ0v) is 19.4. The van der Waals surface area contributed by atoms with Crippen molar-refractivity contribution in [3.63, 3.8) is 0 Å². The lowest BCUT2D eigenvalue weighted by atomic mass is 9.97. The lowest BCUT2D eigenvalue weighted by Gasteiger charge is -2.30. The Morgan fingerprint density at radius 3 is 2.65 bits per heavy atom. The molecule has 0 spiro atoms. The van der Waals surface area contributed by atoms with Gasteiger partial charge in [-0.05, 0) is 40.2 Å². The van der Waals surface area contributed by atoms with Crippen LogP contribution in [0.15, 0.2) is 42.5 Å². The highest BCUT2D eigenvalue weighted by Gasteiger charge is 2.42. The molecule has 0 aromatic heterocycles. The molecule has 2 unspecified atom stereocenters. The van der Waals surface area contributed by atoms with E-state index in [0.717, 1.165) is 28.0 Å². The predicted molar refractivity (Wildman–Crippen MR) is 125 cm³/mol. The summed E-state index contributed by atoms with van der Waals surface area (Å²) in [6, 6.07) is 12.2. The molecule has 0 bridgehead atoms. The molecule has 34 heavy (non-hydrogen) atoms. The Hall–Kier alpha value is -3.42. The lowest BCUT2D eigenvalue weighted by Crippen LogP contribution is -2.55. The highest BCUT2D eigenvalue weighted by atomic mass is 19.1. The van der Waals surface area contributed by atoms with Crippen LogP contribution in [0.5, 0.6) is 0 Å². The van der Waals surface area contributed by atoms with E-state index in [1.807, 2.05) is 38.1 Å². The number of ether oxygens (including phenoxy) is 1. The monoisotopic (exact) mass is 467 g/mol. The number of alkyl carbamates (subject to hydrolysis) is 1. The number of nitrogens with two attached hydrogens (primary N) is 1. The van der Waals surface area contributed by atoms with Crippen LogP contribution < -0.4 is 11.1 Å². The van der Waals surface area contributed by atoms with Crippen molar-refractivity contribution in [1.82, 2.24) is 10.2 Å². The molecular formula is C26H30FN3O4. The number of likely N-dealkylation sites (tertiary alicyclic amines) is 1. The van der Waals surface area contributed by atoms with Crippen LogP contribution in [0, 0.1) is 5.92 Å². The minimum absolute atomic E-state index is 0.0601. The Balaban J connectivity index is 1.44. The summed E-state index contributed by atoms with van der Waals surface area (Å²) >= 11 is 0. The second-order valence-corrected chi connectivity index (χ2v) is 9.10. The molecule has 1 aliphatic carbocycles. The van der Waals surface area contributed by atoms with E-state index < -0.39 is 36.2 Å². The van der Waals surface area contributed by atoms with Gasteiger partial charge in [0.2, 0.25) is 11.8 Å². The largest absolute Gasteiger partial charge is 0.445 e. The zero-order valence-electron chi connectivity index (χ0n) is 19.4. The van der Waals surface area contributed by atoms with Crippen LogP contribution in [-0.2, 0) is 27.4 Å². The van der Waals surface area contributed by atoms with Crippen molar-refractivity contribution in [2.75, 3.05) is 6.54 Å². The highest BCUT2D eigenvalue weighted by molar-refractivity contribution is 5.91. The molecule has 0 radical (unpaired) electrons. The fraction of sp³-hybridized carbons (Fsp3) is 0.423. The first-order valence-electron chi connectivity index (χ1n) is 11.7. The third-order valence-electron chi connectivity index (χ3n) is 6.92. The Bertz CT molecular complexity index is 1110. The summed E-state index contributed by atoms with van der Waals surface area (Å²) in [4.78, 5) is 38.7. The van der Waals surface area contributed by atoms with Crippen LogP contribution in [0.4, 0.5) is 9.18 Å². The summed E-state index contributed by atoms with van der Waals surface area (Å²) in [7, 11) is 0. The van der Waals surface area contributed by atoms with Gasteiger partial charge >= 0.3 is 6.09 Å². The molecule has 8 heteroatoms. The Morgan fingerprint density at radius 2 is 1.91 bits per heavy atom. The van der Waals surface area contributed by atoms with Gasteiger partial charge in [0.25, 0.3) is 0 Å². The minimum Gasteiger partial charge on any atom is -0.445 e. The van der Waals surface area contributed by atoms with Gasteiger partial charge in [0, 0.05) is 6.42 Å². The summed E-state index contributed by atoms with van der Waals surface area (Å²) in [5.41, 5.74) is 11.0. The number of halogens is 1. The number of alkyl halides is 1. The molecule has 2 aliphatic rings. The van der Waals surface area contributed by atoms with E-state index in [9.17, 15) is 18.8 Å². The molecule has 2 aromatic rings. The number of nitrogens with one attached hydrogen (secondary N) is 1. The summed E-state index contributed by atoms with van der Waals surface area (Å²) < 4.78 is 19.5. The fourth-order valence-corrected chi connectivity index (χ4v) is 4.83. The minimum atomic E-state index is -1.32. The molecule has 4 rings (SSSR count). The number of carbonyl (C=O) groups is 3. The lowest BCUT2D eigenvalue weighted by molar-refractivity contribution is -0.140. The standard InChI is InChI=1S/C26H30FN3O4/c1-3-15(2)23(25(32)30-13-18(27)12-22(30)24(28)31)29-26(33)34-14-17-8-6-10-20-19-9-5-4-7-16(19)11-21(17)20/h4-10,15,18,22-23H,3,11-14H2,1-2H3,(H2,28,31)(H,29,33)/t15-,18?,22?,23-/m0/s1. The molecule has 1 saturated heterocycles. The first-order chi connectivity index (χ1) is 16.3. The van der Waals surface area contributed by atoms with E-state index in [4.69, 9.17) is 10.5 Å². The molecule has 0 saturated carbocycles. The molecule has 1 fully saturated rings. The maximum atomic E-state index is 14.0. The molecular weight excluding hydrogens is 437 g/mol. The molecule has 1 aliphatic heterocycles. The van der Waals surface area contributed by atoms with Crippen molar-refractivity contribution in [3.05, 3.63) is 59.2 Å². The van der Waals surface area contributed by atoms with Crippen LogP contribution in [0.3, 0.4) is 0 Å². The SMILES string of the molecule is CC[C@H](C)[C@H](NC(=O)OCc1cccc2c1Cc1ccccc1-2)C(=O)N1CC(F)CC1C(N)=O. The van der Waals surface area contributed by atoms with Crippen LogP contribution in [0.1, 0.15) is 43.4 Å². The van der Waals surface area contributed by atoms with Gasteiger partial charge < -0.3 is 20.7 Å². The van der Waals surface area contributed by atoms with Crippen LogP contribution >= 0.6 is 0 Å². The van der Waals surface area contributed by atoms with Gasteiger partial charge in [-0.1, -0.05) is 62.7 Å².